The van der Waals surface area contributed by atoms with Gasteiger partial charge in [-0.15, -0.1) is 0 Å². The van der Waals surface area contributed by atoms with Crippen molar-refractivity contribution in [2.75, 3.05) is 12.0 Å². The second kappa shape index (κ2) is 8.61. The third kappa shape index (κ3) is 3.92. The van der Waals surface area contributed by atoms with Crippen molar-refractivity contribution in [2.45, 2.75) is 13.8 Å². The number of benzene rings is 2. The van der Waals surface area contributed by atoms with E-state index in [4.69, 9.17) is 28.6 Å². The molecule has 6 nitrogen and oxygen atoms in total. The molecule has 1 aliphatic heterocycles. The van der Waals surface area contributed by atoms with E-state index >= 15 is 0 Å². The van der Waals surface area contributed by atoms with Gasteiger partial charge in [0, 0.05) is 22.1 Å². The Morgan fingerprint density at radius 3 is 2.25 bits per heavy atom. The Kier molecular flexibility index (Phi) is 5.86. The van der Waals surface area contributed by atoms with Gasteiger partial charge in [-0.3, -0.25) is 19.8 Å². The molecule has 0 bridgehead atoms. The maximum atomic E-state index is 13.3. The van der Waals surface area contributed by atoms with E-state index in [1.807, 2.05) is 48.7 Å². The summed E-state index contributed by atoms with van der Waals surface area (Å²) in [5, 5.41) is 3.30. The molecule has 1 fully saturated rings. The zero-order valence-corrected chi connectivity index (χ0v) is 19.3. The molecule has 0 radical (unpaired) electrons. The van der Waals surface area contributed by atoms with Crippen molar-refractivity contribution in [2.24, 2.45) is 0 Å². The van der Waals surface area contributed by atoms with Crippen LogP contribution >= 0.6 is 23.8 Å². The molecule has 162 valence electrons. The molecule has 3 aromatic rings. The van der Waals surface area contributed by atoms with Crippen LogP contribution < -0.4 is 15.0 Å². The van der Waals surface area contributed by atoms with E-state index in [0.717, 1.165) is 22.6 Å². The number of nitrogens with one attached hydrogen (secondary N) is 1. The average molecular weight is 466 g/mol. The third-order valence-electron chi connectivity index (χ3n) is 5.29. The van der Waals surface area contributed by atoms with Crippen LogP contribution in [0.2, 0.25) is 5.02 Å². The molecule has 1 N–H and O–H groups in total. The summed E-state index contributed by atoms with van der Waals surface area (Å²) in [5.41, 5.74) is 4.10. The second-order valence-electron chi connectivity index (χ2n) is 7.29. The topological polar surface area (TPSA) is 63.6 Å². The van der Waals surface area contributed by atoms with Gasteiger partial charge in [-0.1, -0.05) is 11.6 Å². The minimum absolute atomic E-state index is 0.00535. The van der Waals surface area contributed by atoms with E-state index < -0.39 is 11.8 Å². The lowest BCUT2D eigenvalue weighted by molar-refractivity contribution is -0.122. The number of amides is 2. The van der Waals surface area contributed by atoms with Gasteiger partial charge in [-0.05, 0) is 92.3 Å². The number of halogens is 1. The Labute approximate surface area is 196 Å². The quantitative estimate of drug-likeness (QED) is 0.348. The van der Waals surface area contributed by atoms with E-state index in [0.29, 0.717) is 16.5 Å². The molecular weight excluding hydrogens is 446 g/mol. The molecule has 2 amide bonds. The molecule has 2 aromatic carbocycles. The lowest BCUT2D eigenvalue weighted by atomic mass is 10.1. The fraction of sp³-hybridized carbons (Fsp3) is 0.125. The summed E-state index contributed by atoms with van der Waals surface area (Å²) in [7, 11) is 1.56. The summed E-state index contributed by atoms with van der Waals surface area (Å²) in [6, 6.07) is 16.3. The van der Waals surface area contributed by atoms with Gasteiger partial charge in [0.15, 0.2) is 5.11 Å². The van der Waals surface area contributed by atoms with Gasteiger partial charge in [-0.2, -0.15) is 0 Å². The van der Waals surface area contributed by atoms with Gasteiger partial charge >= 0.3 is 0 Å². The molecule has 1 aliphatic rings. The van der Waals surface area contributed by atoms with E-state index in [1.165, 1.54) is 4.90 Å². The fourth-order valence-corrected chi connectivity index (χ4v) is 4.11. The van der Waals surface area contributed by atoms with Crippen LogP contribution in [0.15, 0.2) is 60.2 Å². The predicted octanol–water partition coefficient (Wildman–Crippen LogP) is 4.59. The highest BCUT2D eigenvalue weighted by atomic mass is 35.5. The molecular formula is C24H20ClN3O3S. The van der Waals surface area contributed by atoms with Crippen molar-refractivity contribution in [1.82, 2.24) is 9.88 Å². The average Bonchev–Trinajstić information content (AvgIpc) is 3.05. The number of hydrogen-bond acceptors (Lipinski definition) is 4. The van der Waals surface area contributed by atoms with Crippen molar-refractivity contribution < 1.29 is 14.3 Å². The van der Waals surface area contributed by atoms with Crippen LogP contribution in [-0.4, -0.2) is 28.6 Å². The molecule has 0 aliphatic carbocycles. The largest absolute Gasteiger partial charge is 0.497 e. The van der Waals surface area contributed by atoms with E-state index in [2.05, 4.69) is 5.32 Å². The Hall–Kier alpha value is -3.42. The zero-order chi connectivity index (χ0) is 23.0. The van der Waals surface area contributed by atoms with Crippen molar-refractivity contribution in [3.8, 4) is 11.4 Å². The Balaban J connectivity index is 1.73. The van der Waals surface area contributed by atoms with Crippen LogP contribution in [0, 0.1) is 13.8 Å². The predicted molar refractivity (Wildman–Crippen MR) is 129 cm³/mol. The minimum Gasteiger partial charge on any atom is -0.497 e. The Morgan fingerprint density at radius 1 is 1.00 bits per heavy atom. The molecule has 8 heteroatoms. The van der Waals surface area contributed by atoms with Crippen LogP contribution in [0.25, 0.3) is 11.8 Å². The number of aromatic nitrogens is 1. The van der Waals surface area contributed by atoms with Crippen LogP contribution in [-0.2, 0) is 9.59 Å². The zero-order valence-electron chi connectivity index (χ0n) is 17.7. The first kappa shape index (κ1) is 21.8. The van der Waals surface area contributed by atoms with E-state index in [1.54, 1.807) is 37.5 Å². The lowest BCUT2D eigenvalue weighted by Gasteiger charge is -2.29. The molecule has 32 heavy (non-hydrogen) atoms. The summed E-state index contributed by atoms with van der Waals surface area (Å²) in [4.78, 5) is 27.2. The normalized spacial score (nSPS) is 15.3. The van der Waals surface area contributed by atoms with Gasteiger partial charge in [0.1, 0.15) is 11.3 Å². The first-order chi connectivity index (χ1) is 15.3. The molecule has 1 saturated heterocycles. The molecule has 0 atom stereocenters. The van der Waals surface area contributed by atoms with E-state index in [9.17, 15) is 9.59 Å². The number of methoxy groups -OCH3 is 1. The Bertz CT molecular complexity index is 1260. The fourth-order valence-electron chi connectivity index (χ4n) is 3.70. The van der Waals surface area contributed by atoms with Crippen LogP contribution in [0.3, 0.4) is 0 Å². The summed E-state index contributed by atoms with van der Waals surface area (Å²) in [6.07, 6.45) is 1.60. The van der Waals surface area contributed by atoms with Crippen molar-refractivity contribution in [3.63, 3.8) is 0 Å². The number of thiocarbonyl (C=S) groups is 1. The number of aryl methyl sites for hydroxylation is 1. The summed E-state index contributed by atoms with van der Waals surface area (Å²) < 4.78 is 7.21. The highest BCUT2D eigenvalue weighted by molar-refractivity contribution is 7.80. The molecule has 0 unspecified atom stereocenters. The van der Waals surface area contributed by atoms with Gasteiger partial charge < -0.3 is 9.30 Å². The number of ether oxygens (including phenoxy) is 1. The number of hydrogen-bond donors (Lipinski definition) is 1. The highest BCUT2D eigenvalue weighted by Gasteiger charge is 2.34. The maximum absolute atomic E-state index is 13.3. The minimum atomic E-state index is -0.527. The first-order valence-corrected chi connectivity index (χ1v) is 10.6. The van der Waals surface area contributed by atoms with Gasteiger partial charge in [0.25, 0.3) is 11.8 Å². The van der Waals surface area contributed by atoms with Crippen molar-refractivity contribution in [3.05, 3.63) is 82.1 Å². The van der Waals surface area contributed by atoms with Crippen LogP contribution in [0.1, 0.15) is 17.0 Å². The smallest absolute Gasteiger partial charge is 0.270 e. The van der Waals surface area contributed by atoms with Crippen LogP contribution in [0.4, 0.5) is 5.69 Å². The number of nitrogens with zero attached hydrogens (tertiary/aromatic N) is 2. The SMILES string of the molecule is COc1ccc(N2C(=O)/C(=C/c3cc(C)n(-c4ccc(Cl)cc4)c3C)C(=O)NC2=S)cc1. The molecule has 0 spiro atoms. The van der Waals surface area contributed by atoms with Crippen molar-refractivity contribution >= 4 is 52.5 Å². The highest BCUT2D eigenvalue weighted by Crippen LogP contribution is 2.27. The molecule has 4 rings (SSSR count). The van der Waals surface area contributed by atoms with Gasteiger partial charge in [0.05, 0.1) is 12.8 Å². The molecule has 2 heterocycles. The van der Waals surface area contributed by atoms with Crippen molar-refractivity contribution in [1.29, 1.82) is 0 Å². The van der Waals surface area contributed by atoms with Gasteiger partial charge in [0.2, 0.25) is 0 Å². The second-order valence-corrected chi connectivity index (χ2v) is 8.12. The number of carbonyl (C=O) groups is 2. The van der Waals surface area contributed by atoms with Gasteiger partial charge in [-0.25, -0.2) is 0 Å². The van der Waals surface area contributed by atoms with Crippen LogP contribution in [0.5, 0.6) is 5.75 Å². The number of rotatable bonds is 4. The molecule has 0 saturated carbocycles. The third-order valence-corrected chi connectivity index (χ3v) is 5.82. The summed E-state index contributed by atoms with van der Waals surface area (Å²) >= 11 is 11.3. The Morgan fingerprint density at radius 2 is 1.62 bits per heavy atom. The van der Waals surface area contributed by atoms with E-state index in [-0.39, 0.29) is 10.7 Å². The number of carbonyl (C=O) groups excluding carboxylic acids is 2. The summed E-state index contributed by atoms with van der Waals surface area (Å²) in [5.74, 6) is -0.361. The number of anilines is 1. The molecule has 1 aromatic heterocycles. The standard InChI is InChI=1S/C24H20ClN3O3S/c1-14-12-16(15(2)27(14)18-6-4-17(25)5-7-18)13-21-22(29)26-24(32)28(23(21)30)19-8-10-20(31-3)11-9-19/h4-13H,1-3H3,(H,26,29,32)/b21-13+. The maximum Gasteiger partial charge on any atom is 0.270 e. The first-order valence-electron chi connectivity index (χ1n) is 9.80. The summed E-state index contributed by atoms with van der Waals surface area (Å²) in [6.45, 7) is 3.90. The lowest BCUT2D eigenvalue weighted by Crippen LogP contribution is -2.54. The monoisotopic (exact) mass is 465 g/mol.